The molecule has 4 aromatic rings. The number of ether oxygens (including phenoxy) is 1. The largest absolute Gasteiger partial charge is 0.443 e. The molecule has 1 N–H and O–H groups in total. The van der Waals surface area contributed by atoms with Crippen molar-refractivity contribution in [1.29, 1.82) is 0 Å². The van der Waals surface area contributed by atoms with Gasteiger partial charge in [-0.25, -0.2) is 9.69 Å². The summed E-state index contributed by atoms with van der Waals surface area (Å²) in [7, 11) is 0. The fraction of sp³-hybridized carbons (Fsp3) is 0.172. The van der Waals surface area contributed by atoms with E-state index in [4.69, 9.17) is 4.74 Å². The van der Waals surface area contributed by atoms with Gasteiger partial charge in [0, 0.05) is 11.3 Å². The number of nitrogens with zero attached hydrogens (tertiary/aromatic N) is 1. The first-order valence-corrected chi connectivity index (χ1v) is 11.3. The van der Waals surface area contributed by atoms with Crippen molar-refractivity contribution in [1.82, 2.24) is 0 Å². The third-order valence-electron chi connectivity index (χ3n) is 5.95. The van der Waals surface area contributed by atoms with Crippen molar-refractivity contribution in [3.05, 3.63) is 108 Å². The number of hydrogen-bond donors (Lipinski definition) is 1. The number of amides is 2. The summed E-state index contributed by atoms with van der Waals surface area (Å²) in [6.07, 6.45) is -0.693. The van der Waals surface area contributed by atoms with E-state index in [1.807, 2.05) is 91.0 Å². The Morgan fingerprint density at radius 2 is 1.41 bits per heavy atom. The molecule has 0 saturated carbocycles. The van der Waals surface area contributed by atoms with E-state index in [0.29, 0.717) is 11.3 Å². The first-order valence-electron chi connectivity index (χ1n) is 11.3. The van der Waals surface area contributed by atoms with Gasteiger partial charge in [-0.1, -0.05) is 78.9 Å². The second kappa shape index (κ2) is 8.03. The number of carbonyl (C=O) groups excluding carboxylic acids is 2. The maximum Gasteiger partial charge on any atom is 0.421 e. The van der Waals surface area contributed by atoms with Gasteiger partial charge in [-0.05, 0) is 55.3 Å². The lowest BCUT2D eigenvalue weighted by Crippen LogP contribution is -2.49. The van der Waals surface area contributed by atoms with Gasteiger partial charge in [0.15, 0.2) is 5.54 Å². The third kappa shape index (κ3) is 3.50. The molecule has 5 rings (SSSR count). The van der Waals surface area contributed by atoms with Gasteiger partial charge in [-0.2, -0.15) is 0 Å². The Morgan fingerprint density at radius 3 is 2.18 bits per heavy atom. The topological polar surface area (TPSA) is 58.6 Å². The van der Waals surface area contributed by atoms with E-state index in [9.17, 15) is 9.59 Å². The van der Waals surface area contributed by atoms with E-state index in [2.05, 4.69) is 5.32 Å². The number of anilines is 2. The molecule has 1 atom stereocenters. The highest BCUT2D eigenvalue weighted by Crippen LogP contribution is 2.48. The van der Waals surface area contributed by atoms with Crippen LogP contribution in [0.1, 0.15) is 31.9 Å². The molecule has 0 bridgehead atoms. The molecular weight excluding hydrogens is 424 g/mol. The Morgan fingerprint density at radius 1 is 0.794 bits per heavy atom. The van der Waals surface area contributed by atoms with E-state index in [1.54, 1.807) is 26.8 Å². The molecule has 1 heterocycles. The van der Waals surface area contributed by atoms with Crippen molar-refractivity contribution in [3.8, 4) is 0 Å². The zero-order valence-electron chi connectivity index (χ0n) is 19.4. The fourth-order valence-electron chi connectivity index (χ4n) is 4.61. The van der Waals surface area contributed by atoms with Gasteiger partial charge in [-0.15, -0.1) is 0 Å². The number of nitrogens with one attached hydrogen (secondary N) is 1. The normalized spacial score (nSPS) is 17.5. The summed E-state index contributed by atoms with van der Waals surface area (Å²) in [5, 5.41) is 5.46. The second-order valence-corrected chi connectivity index (χ2v) is 9.41. The van der Waals surface area contributed by atoms with Crippen molar-refractivity contribution >= 4 is 34.1 Å². The van der Waals surface area contributed by atoms with Crippen molar-refractivity contribution in [3.63, 3.8) is 0 Å². The average molecular weight is 451 g/mol. The Hall–Kier alpha value is -4.12. The van der Waals surface area contributed by atoms with E-state index in [-0.39, 0.29) is 0 Å². The minimum absolute atomic E-state index is 0.400. The van der Waals surface area contributed by atoms with E-state index in [1.165, 1.54) is 0 Å². The Bertz CT molecular complexity index is 1390. The van der Waals surface area contributed by atoms with Crippen LogP contribution in [0, 0.1) is 0 Å². The fourth-order valence-corrected chi connectivity index (χ4v) is 4.61. The molecule has 0 aliphatic carbocycles. The molecule has 0 saturated heterocycles. The van der Waals surface area contributed by atoms with Gasteiger partial charge in [0.25, 0.3) is 5.91 Å². The highest BCUT2D eigenvalue weighted by molar-refractivity contribution is 6.24. The summed E-state index contributed by atoms with van der Waals surface area (Å²) in [5.41, 5.74) is 0.686. The first-order chi connectivity index (χ1) is 16.3. The number of hydrogen-bond acceptors (Lipinski definition) is 4. The summed E-state index contributed by atoms with van der Waals surface area (Å²) in [4.78, 5) is 28.9. The van der Waals surface area contributed by atoms with Crippen molar-refractivity contribution < 1.29 is 14.3 Å². The van der Waals surface area contributed by atoms with Crippen molar-refractivity contribution in [2.75, 3.05) is 10.2 Å². The molecular formula is C29H26N2O3. The highest BCUT2D eigenvalue weighted by Gasteiger charge is 2.55. The molecule has 0 fully saturated rings. The maximum absolute atomic E-state index is 14.4. The molecule has 0 spiro atoms. The molecule has 0 aromatic heterocycles. The van der Waals surface area contributed by atoms with Crippen LogP contribution in [-0.4, -0.2) is 17.6 Å². The molecule has 2 amide bonds. The van der Waals surface area contributed by atoms with Gasteiger partial charge in [0.1, 0.15) is 5.60 Å². The summed E-state index contributed by atoms with van der Waals surface area (Å²) >= 11 is 0. The van der Waals surface area contributed by atoms with Gasteiger partial charge in [0.2, 0.25) is 0 Å². The third-order valence-corrected chi connectivity index (χ3v) is 5.95. The Labute approximate surface area is 199 Å². The minimum atomic E-state index is -1.32. The molecule has 1 aliphatic rings. The number of benzene rings is 4. The Kier molecular flexibility index (Phi) is 5.13. The van der Waals surface area contributed by atoms with Gasteiger partial charge in [-0.3, -0.25) is 4.79 Å². The molecule has 170 valence electrons. The second-order valence-electron chi connectivity index (χ2n) is 9.41. The van der Waals surface area contributed by atoms with E-state index >= 15 is 0 Å². The average Bonchev–Trinajstić information content (AvgIpc) is 3.07. The number of fused-ring (bicyclic) bond motifs is 2. The molecule has 5 nitrogen and oxygen atoms in total. The van der Waals surface area contributed by atoms with Crippen LogP contribution in [0.2, 0.25) is 0 Å². The zero-order chi connectivity index (χ0) is 23.9. The lowest BCUT2D eigenvalue weighted by molar-refractivity contribution is -0.120. The summed E-state index contributed by atoms with van der Waals surface area (Å²) in [6, 6.07) is 30.8. The van der Waals surface area contributed by atoms with Crippen LogP contribution in [0.3, 0.4) is 0 Å². The van der Waals surface area contributed by atoms with Crippen LogP contribution in [0.25, 0.3) is 10.8 Å². The van der Waals surface area contributed by atoms with Crippen LogP contribution in [0.15, 0.2) is 97.1 Å². The number of rotatable bonds is 3. The summed E-state index contributed by atoms with van der Waals surface area (Å²) < 4.78 is 5.65. The first kappa shape index (κ1) is 21.7. The lowest BCUT2D eigenvalue weighted by Gasteiger charge is -2.32. The van der Waals surface area contributed by atoms with Gasteiger partial charge < -0.3 is 10.1 Å². The van der Waals surface area contributed by atoms with Gasteiger partial charge >= 0.3 is 6.09 Å². The van der Waals surface area contributed by atoms with Crippen LogP contribution < -0.4 is 10.2 Å². The summed E-state index contributed by atoms with van der Waals surface area (Å²) in [5.74, 6) is -0.400. The van der Waals surface area contributed by atoms with Crippen LogP contribution in [-0.2, 0) is 15.1 Å². The van der Waals surface area contributed by atoms with E-state index < -0.39 is 23.1 Å². The Balaban J connectivity index is 1.80. The summed E-state index contributed by atoms with van der Waals surface area (Å²) in [6.45, 7) is 5.37. The van der Waals surface area contributed by atoms with Crippen molar-refractivity contribution in [2.24, 2.45) is 0 Å². The number of para-hydroxylation sites is 2. The quantitative estimate of drug-likeness (QED) is 0.388. The molecule has 0 radical (unpaired) electrons. The highest BCUT2D eigenvalue weighted by atomic mass is 16.6. The monoisotopic (exact) mass is 450 g/mol. The van der Waals surface area contributed by atoms with E-state index in [0.717, 1.165) is 26.9 Å². The van der Waals surface area contributed by atoms with Crippen LogP contribution in [0.5, 0.6) is 0 Å². The molecule has 5 heteroatoms. The van der Waals surface area contributed by atoms with Gasteiger partial charge in [0.05, 0.1) is 5.69 Å². The predicted molar refractivity (Wildman–Crippen MR) is 135 cm³/mol. The number of carbonyl (C=O) groups is 2. The van der Waals surface area contributed by atoms with Crippen molar-refractivity contribution in [2.45, 2.75) is 31.9 Å². The SMILES string of the molecule is CC(C)(C)OC(=O)N1C(=O)[C@@](Nc2ccccc2)(c2cccc3ccccc23)c2ccccc21. The van der Waals surface area contributed by atoms with Crippen LogP contribution in [0.4, 0.5) is 16.2 Å². The molecule has 0 unspecified atom stereocenters. The molecule has 34 heavy (non-hydrogen) atoms. The lowest BCUT2D eigenvalue weighted by atomic mass is 9.81. The molecule has 1 aliphatic heterocycles. The molecule has 4 aromatic carbocycles. The van der Waals surface area contributed by atoms with Crippen LogP contribution >= 0.6 is 0 Å². The number of imide groups is 1. The zero-order valence-corrected chi connectivity index (χ0v) is 19.4. The predicted octanol–water partition coefficient (Wildman–Crippen LogP) is 6.48. The smallest absolute Gasteiger partial charge is 0.421 e. The minimum Gasteiger partial charge on any atom is -0.443 e. The maximum atomic E-state index is 14.4. The standard InChI is InChI=1S/C29H26N2O3/c1-28(2,3)34-27(33)31-25-19-10-9-17-24(25)29(26(31)32,30-21-14-5-4-6-15-21)23-18-11-13-20-12-7-8-16-22(20)23/h4-19,30H,1-3H3/t29-/m1/s1.